The first-order valence-corrected chi connectivity index (χ1v) is 11.4. The highest BCUT2D eigenvalue weighted by Gasteiger charge is 2.60. The number of fused-ring (bicyclic) bond motifs is 5. The summed E-state index contributed by atoms with van der Waals surface area (Å²) in [6, 6.07) is 14.4. The van der Waals surface area contributed by atoms with E-state index in [0.717, 1.165) is 27.7 Å². The van der Waals surface area contributed by atoms with Gasteiger partial charge < -0.3 is 5.32 Å². The monoisotopic (exact) mass is 478 g/mol. The smallest absolute Gasteiger partial charge is 0.234 e. The maximum Gasteiger partial charge on any atom is 0.234 e. The summed E-state index contributed by atoms with van der Waals surface area (Å²) in [4.78, 5) is 41.2. The largest absolute Gasteiger partial charge is 0.326 e. The normalized spacial score (nSPS) is 27.0. The number of benzene rings is 2. The minimum absolute atomic E-state index is 0.0235. The lowest BCUT2D eigenvalue weighted by Gasteiger charge is -2.28. The highest BCUT2D eigenvalue weighted by molar-refractivity contribution is 9.10. The molecule has 2 fully saturated rings. The molecule has 0 radical (unpaired) electrons. The zero-order chi connectivity index (χ0) is 21.7. The number of hydrogen-bond acceptors (Lipinski definition) is 3. The Kier molecular flexibility index (Phi) is 5.05. The predicted molar refractivity (Wildman–Crippen MR) is 121 cm³/mol. The molecule has 31 heavy (non-hydrogen) atoms. The number of halogens is 1. The van der Waals surface area contributed by atoms with Crippen LogP contribution < -0.4 is 5.32 Å². The van der Waals surface area contributed by atoms with Gasteiger partial charge in [0.05, 0.1) is 24.3 Å². The summed E-state index contributed by atoms with van der Waals surface area (Å²) in [5.41, 5.74) is 2.48. The molecule has 5 atom stereocenters. The Morgan fingerprint density at radius 2 is 1.65 bits per heavy atom. The number of amides is 3. The molecule has 3 aliphatic rings. The van der Waals surface area contributed by atoms with Crippen molar-refractivity contribution in [3.8, 4) is 0 Å². The Morgan fingerprint density at radius 3 is 2.26 bits per heavy atom. The number of imide groups is 1. The van der Waals surface area contributed by atoms with Gasteiger partial charge in [0, 0.05) is 10.2 Å². The van der Waals surface area contributed by atoms with Crippen molar-refractivity contribution in [1.82, 2.24) is 4.90 Å². The van der Waals surface area contributed by atoms with Crippen LogP contribution in [0.1, 0.15) is 30.0 Å². The van der Waals surface area contributed by atoms with E-state index in [0.29, 0.717) is 0 Å². The van der Waals surface area contributed by atoms with Crippen LogP contribution in [-0.4, -0.2) is 22.6 Å². The second-order valence-electron chi connectivity index (χ2n) is 8.68. The zero-order valence-corrected chi connectivity index (χ0v) is 18.7. The van der Waals surface area contributed by atoms with Gasteiger partial charge >= 0.3 is 0 Å². The molecule has 1 N–H and O–H groups in total. The van der Waals surface area contributed by atoms with Gasteiger partial charge in [-0.05, 0) is 54.5 Å². The number of allylic oxidation sites excluding steroid dienone is 2. The quantitative estimate of drug-likeness (QED) is 0.502. The molecular formula is C25H23BrN2O3. The van der Waals surface area contributed by atoms with Crippen LogP contribution in [0.25, 0.3) is 0 Å². The molecule has 1 aliphatic heterocycles. The highest BCUT2D eigenvalue weighted by atomic mass is 79.9. The maximum atomic E-state index is 13.4. The Bertz CT molecular complexity index is 1060. The summed E-state index contributed by atoms with van der Waals surface area (Å²) in [7, 11) is 0. The zero-order valence-electron chi connectivity index (χ0n) is 17.1. The van der Waals surface area contributed by atoms with Crippen molar-refractivity contribution in [1.29, 1.82) is 0 Å². The Morgan fingerprint density at radius 1 is 1.03 bits per heavy atom. The summed E-state index contributed by atoms with van der Waals surface area (Å²) in [6.07, 6.45) is 5.08. The number of carbonyl (C=O) groups excluding carboxylic acids is 3. The molecule has 1 saturated carbocycles. The lowest BCUT2D eigenvalue weighted by atomic mass is 9.85. The van der Waals surface area contributed by atoms with E-state index in [9.17, 15) is 14.4 Å². The van der Waals surface area contributed by atoms with Crippen LogP contribution in [0.15, 0.2) is 65.2 Å². The van der Waals surface area contributed by atoms with Gasteiger partial charge in [-0.1, -0.05) is 58.4 Å². The van der Waals surface area contributed by atoms with Crippen molar-refractivity contribution in [2.75, 3.05) is 5.32 Å². The van der Waals surface area contributed by atoms with Crippen LogP contribution in [0.2, 0.25) is 0 Å². The molecular weight excluding hydrogens is 456 g/mol. The molecule has 5 nitrogen and oxygen atoms in total. The van der Waals surface area contributed by atoms with Gasteiger partial charge in [0.1, 0.15) is 0 Å². The second-order valence-corrected chi connectivity index (χ2v) is 9.60. The van der Waals surface area contributed by atoms with Crippen LogP contribution in [-0.2, 0) is 14.4 Å². The van der Waals surface area contributed by atoms with E-state index in [1.165, 1.54) is 4.90 Å². The number of nitrogens with zero attached hydrogens (tertiary/aromatic N) is 1. The molecule has 2 aliphatic carbocycles. The van der Waals surface area contributed by atoms with Crippen molar-refractivity contribution in [2.45, 2.75) is 25.8 Å². The van der Waals surface area contributed by atoms with Crippen LogP contribution in [0.4, 0.5) is 5.69 Å². The van der Waals surface area contributed by atoms with Crippen molar-refractivity contribution in [3.05, 3.63) is 76.3 Å². The molecule has 0 aromatic heterocycles. The fourth-order valence-corrected chi connectivity index (χ4v) is 5.63. The van der Waals surface area contributed by atoms with Gasteiger partial charge in [-0.2, -0.15) is 0 Å². The third-order valence-electron chi connectivity index (χ3n) is 6.87. The fourth-order valence-electron chi connectivity index (χ4n) is 5.37. The molecule has 2 aromatic rings. The van der Waals surface area contributed by atoms with Crippen LogP contribution in [0.3, 0.4) is 0 Å². The fraction of sp³-hybridized carbons (Fsp3) is 0.320. The third kappa shape index (κ3) is 3.43. The van der Waals surface area contributed by atoms with E-state index < -0.39 is 6.04 Å². The molecule has 5 rings (SSSR count). The first-order valence-electron chi connectivity index (χ1n) is 10.6. The minimum Gasteiger partial charge on any atom is -0.326 e. The highest BCUT2D eigenvalue weighted by Crippen LogP contribution is 2.54. The summed E-state index contributed by atoms with van der Waals surface area (Å²) in [5.74, 6) is -0.765. The lowest BCUT2D eigenvalue weighted by Crippen LogP contribution is -2.38. The van der Waals surface area contributed by atoms with Crippen molar-refractivity contribution < 1.29 is 14.4 Å². The standard InChI is InChI=1S/C25H23BrN2O3/c1-14-4-2-3-5-19(14)27-21(29)13-20(15-8-10-18(26)11-9-15)28-24(30)22-16-6-7-17(12-16)23(22)25(28)31/h2-11,16-17,20,22-23H,12-13H2,1H3,(H,27,29). The second kappa shape index (κ2) is 7.75. The van der Waals surface area contributed by atoms with Gasteiger partial charge in [0.25, 0.3) is 0 Å². The topological polar surface area (TPSA) is 66.5 Å². The summed E-state index contributed by atoms with van der Waals surface area (Å²) in [5, 5.41) is 2.95. The number of aryl methyl sites for hydroxylation is 1. The molecule has 2 aromatic carbocycles. The molecule has 1 heterocycles. The van der Waals surface area contributed by atoms with Crippen molar-refractivity contribution >= 4 is 39.3 Å². The molecule has 2 bridgehead atoms. The predicted octanol–water partition coefficient (Wildman–Crippen LogP) is 4.63. The van der Waals surface area contributed by atoms with Crippen LogP contribution in [0.5, 0.6) is 0 Å². The number of para-hydroxylation sites is 1. The molecule has 3 amide bonds. The van der Waals surface area contributed by atoms with Crippen molar-refractivity contribution in [2.24, 2.45) is 23.7 Å². The summed E-state index contributed by atoms with van der Waals surface area (Å²) in [6.45, 7) is 1.93. The van der Waals surface area contributed by atoms with E-state index in [4.69, 9.17) is 0 Å². The average molecular weight is 479 g/mol. The average Bonchev–Trinajstić information content (AvgIpc) is 3.43. The van der Waals surface area contributed by atoms with E-state index in [1.54, 1.807) is 0 Å². The van der Waals surface area contributed by atoms with E-state index in [1.807, 2.05) is 55.5 Å². The maximum absolute atomic E-state index is 13.4. The number of carbonyl (C=O) groups is 3. The van der Waals surface area contributed by atoms with E-state index in [-0.39, 0.29) is 47.8 Å². The van der Waals surface area contributed by atoms with Gasteiger partial charge in [-0.15, -0.1) is 0 Å². The minimum atomic E-state index is -0.623. The van der Waals surface area contributed by atoms with E-state index >= 15 is 0 Å². The van der Waals surface area contributed by atoms with Gasteiger partial charge in [0.15, 0.2) is 0 Å². The number of likely N-dealkylation sites (tertiary alicyclic amines) is 1. The Balaban J connectivity index is 1.45. The molecule has 6 heteroatoms. The van der Waals surface area contributed by atoms with Gasteiger partial charge in [-0.25, -0.2) is 0 Å². The van der Waals surface area contributed by atoms with Gasteiger partial charge in [0.2, 0.25) is 17.7 Å². The number of rotatable bonds is 5. The van der Waals surface area contributed by atoms with Crippen LogP contribution in [0, 0.1) is 30.6 Å². The number of hydrogen-bond donors (Lipinski definition) is 1. The molecule has 1 saturated heterocycles. The first-order chi connectivity index (χ1) is 14.9. The third-order valence-corrected chi connectivity index (χ3v) is 7.40. The number of anilines is 1. The number of nitrogens with one attached hydrogen (secondary N) is 1. The SMILES string of the molecule is Cc1ccccc1NC(=O)CC(c1ccc(Br)cc1)N1C(=O)C2C3C=CC(C3)C2C1=O. The molecule has 5 unspecified atom stereocenters. The Labute approximate surface area is 189 Å². The lowest BCUT2D eigenvalue weighted by molar-refractivity contribution is -0.144. The summed E-state index contributed by atoms with van der Waals surface area (Å²) >= 11 is 3.43. The van der Waals surface area contributed by atoms with Gasteiger partial charge in [-0.3, -0.25) is 19.3 Å². The molecule has 158 valence electrons. The molecule has 0 spiro atoms. The first kappa shape index (κ1) is 20.2. The van der Waals surface area contributed by atoms with Crippen molar-refractivity contribution in [3.63, 3.8) is 0 Å². The van der Waals surface area contributed by atoms with Crippen LogP contribution >= 0.6 is 15.9 Å². The summed E-state index contributed by atoms with van der Waals surface area (Å²) < 4.78 is 0.901. The Hall–Kier alpha value is -2.73. The van der Waals surface area contributed by atoms with E-state index in [2.05, 4.69) is 33.4 Å².